The third-order valence-corrected chi connectivity index (χ3v) is 2.46. The summed E-state index contributed by atoms with van der Waals surface area (Å²) < 4.78 is 0. The van der Waals surface area contributed by atoms with E-state index in [0.29, 0.717) is 6.54 Å². The minimum Gasteiger partial charge on any atom is -0.332 e. The van der Waals surface area contributed by atoms with E-state index in [0.717, 1.165) is 19.3 Å². The maximum absolute atomic E-state index is 11.6. The maximum atomic E-state index is 11.6. The molecule has 1 unspecified atom stereocenters. The van der Waals surface area contributed by atoms with Gasteiger partial charge in [0.25, 0.3) is 0 Å². The first-order valence-corrected chi connectivity index (χ1v) is 5.39. The second-order valence-corrected chi connectivity index (χ2v) is 3.58. The van der Waals surface area contributed by atoms with Gasteiger partial charge in [0, 0.05) is 12.6 Å². The quantitative estimate of drug-likeness (QED) is 0.302. The van der Waals surface area contributed by atoms with Gasteiger partial charge in [0.1, 0.15) is 0 Å². The highest BCUT2D eigenvalue weighted by molar-refractivity contribution is 6.34. The van der Waals surface area contributed by atoms with Gasteiger partial charge in [-0.05, 0) is 19.8 Å². The molecule has 0 aromatic carbocycles. The minimum atomic E-state index is -0.744. The van der Waals surface area contributed by atoms with Gasteiger partial charge in [0.15, 0.2) is 0 Å². The number of hydrogen-bond acceptors (Lipinski definition) is 3. The maximum Gasteiger partial charge on any atom is 0.323 e. The summed E-state index contributed by atoms with van der Waals surface area (Å²) in [5.74, 6) is 3.65. The molecule has 0 bridgehead atoms. The molecule has 0 heterocycles. The van der Waals surface area contributed by atoms with E-state index in [2.05, 4.69) is 0 Å². The predicted octanol–water partition coefficient (Wildman–Crippen LogP) is 0.404. The van der Waals surface area contributed by atoms with E-state index in [9.17, 15) is 9.59 Å². The molecule has 0 aromatic heterocycles. The minimum absolute atomic E-state index is 0.0707. The smallest absolute Gasteiger partial charge is 0.323 e. The lowest BCUT2D eigenvalue weighted by molar-refractivity contribution is -0.147. The summed E-state index contributed by atoms with van der Waals surface area (Å²) in [7, 11) is 0. The molecule has 0 fully saturated rings. The van der Waals surface area contributed by atoms with E-state index in [-0.39, 0.29) is 6.04 Å². The van der Waals surface area contributed by atoms with Crippen LogP contribution in [-0.4, -0.2) is 29.3 Å². The Morgan fingerprint density at radius 2 is 2.00 bits per heavy atom. The van der Waals surface area contributed by atoms with Crippen LogP contribution in [0.1, 0.15) is 40.0 Å². The molecule has 15 heavy (non-hydrogen) atoms. The van der Waals surface area contributed by atoms with Crippen molar-refractivity contribution in [1.82, 2.24) is 10.3 Å². The lowest BCUT2D eigenvalue weighted by Crippen LogP contribution is -2.49. The monoisotopic (exact) mass is 215 g/mol. The average molecular weight is 215 g/mol. The average Bonchev–Trinajstić information content (AvgIpc) is 2.27. The van der Waals surface area contributed by atoms with Crippen molar-refractivity contribution in [3.05, 3.63) is 0 Å². The number of carbonyl (C=O) groups excluding carboxylic acids is 2. The molecule has 0 saturated carbocycles. The molecule has 5 heteroatoms. The molecule has 0 aliphatic carbocycles. The van der Waals surface area contributed by atoms with Gasteiger partial charge in [-0.25, -0.2) is 5.84 Å². The second-order valence-electron chi connectivity index (χ2n) is 3.58. The highest BCUT2D eigenvalue weighted by Gasteiger charge is 2.23. The van der Waals surface area contributed by atoms with Gasteiger partial charge in [-0.2, -0.15) is 0 Å². The zero-order valence-corrected chi connectivity index (χ0v) is 9.75. The fraction of sp³-hybridized carbons (Fsp3) is 0.800. The lowest BCUT2D eigenvalue weighted by atomic mass is 10.2. The molecule has 0 rings (SSSR count). The third-order valence-electron chi connectivity index (χ3n) is 2.46. The number of nitrogens with zero attached hydrogens (tertiary/aromatic N) is 1. The van der Waals surface area contributed by atoms with Crippen LogP contribution in [0.2, 0.25) is 0 Å². The Hall–Kier alpha value is -1.10. The molecule has 0 spiro atoms. The molecule has 0 aromatic rings. The van der Waals surface area contributed by atoms with Crippen molar-refractivity contribution >= 4 is 11.8 Å². The number of hydrogen-bond donors (Lipinski definition) is 2. The Balaban J connectivity index is 4.47. The van der Waals surface area contributed by atoms with Crippen LogP contribution in [-0.2, 0) is 9.59 Å². The van der Waals surface area contributed by atoms with Gasteiger partial charge in [-0.3, -0.25) is 15.0 Å². The lowest BCUT2D eigenvalue weighted by Gasteiger charge is -2.27. The zero-order valence-electron chi connectivity index (χ0n) is 9.75. The molecule has 0 aliphatic heterocycles. The van der Waals surface area contributed by atoms with Crippen molar-refractivity contribution in [1.29, 1.82) is 0 Å². The van der Waals surface area contributed by atoms with Gasteiger partial charge < -0.3 is 4.90 Å². The van der Waals surface area contributed by atoms with E-state index in [4.69, 9.17) is 5.84 Å². The van der Waals surface area contributed by atoms with Crippen molar-refractivity contribution in [3.8, 4) is 0 Å². The Morgan fingerprint density at radius 3 is 2.40 bits per heavy atom. The fourth-order valence-corrected chi connectivity index (χ4v) is 1.26. The summed E-state index contributed by atoms with van der Waals surface area (Å²) in [6.45, 7) is 6.56. The standard InChI is InChI=1S/C10H21N3O2/c1-4-6-7-13(8(3)5-2)10(15)9(14)12-11/h8H,4-7,11H2,1-3H3,(H,12,14). The Kier molecular flexibility index (Phi) is 6.70. The van der Waals surface area contributed by atoms with E-state index in [1.807, 2.05) is 26.2 Å². The predicted molar refractivity (Wildman–Crippen MR) is 58.7 cm³/mol. The van der Waals surface area contributed by atoms with Crippen molar-refractivity contribution in [2.75, 3.05) is 6.54 Å². The summed E-state index contributed by atoms with van der Waals surface area (Å²) in [4.78, 5) is 24.3. The van der Waals surface area contributed by atoms with Crippen LogP contribution in [0.3, 0.4) is 0 Å². The molecule has 0 radical (unpaired) electrons. The van der Waals surface area contributed by atoms with Crippen LogP contribution >= 0.6 is 0 Å². The number of nitrogens with two attached hydrogens (primary N) is 1. The van der Waals surface area contributed by atoms with E-state index in [1.165, 1.54) is 0 Å². The van der Waals surface area contributed by atoms with Gasteiger partial charge >= 0.3 is 11.8 Å². The van der Waals surface area contributed by atoms with Gasteiger partial charge in [0.05, 0.1) is 0 Å². The topological polar surface area (TPSA) is 75.4 Å². The fourth-order valence-electron chi connectivity index (χ4n) is 1.26. The molecule has 1 atom stereocenters. The molecule has 88 valence electrons. The SMILES string of the molecule is CCCCN(C(=O)C(=O)NN)C(C)CC. The number of unbranched alkanes of at least 4 members (excludes halogenated alkanes) is 1. The third kappa shape index (κ3) is 4.29. The molecular formula is C10H21N3O2. The summed E-state index contributed by atoms with van der Waals surface area (Å²) in [5, 5.41) is 0. The van der Waals surface area contributed by atoms with Crippen molar-refractivity contribution in [2.45, 2.75) is 46.1 Å². The molecule has 5 nitrogen and oxygen atoms in total. The Bertz CT molecular complexity index is 219. The molecular weight excluding hydrogens is 194 g/mol. The summed E-state index contributed by atoms with van der Waals surface area (Å²) in [5.41, 5.74) is 1.87. The van der Waals surface area contributed by atoms with Crippen LogP contribution in [0.4, 0.5) is 0 Å². The summed E-state index contributed by atoms with van der Waals surface area (Å²) in [6, 6.07) is 0.0707. The van der Waals surface area contributed by atoms with Gasteiger partial charge in [0.2, 0.25) is 0 Å². The molecule has 3 N–H and O–H groups in total. The normalized spacial score (nSPS) is 12.0. The van der Waals surface area contributed by atoms with Crippen LogP contribution in [0.15, 0.2) is 0 Å². The number of carbonyl (C=O) groups is 2. The van der Waals surface area contributed by atoms with Crippen molar-refractivity contribution in [3.63, 3.8) is 0 Å². The van der Waals surface area contributed by atoms with Crippen LogP contribution in [0.5, 0.6) is 0 Å². The summed E-state index contributed by atoms with van der Waals surface area (Å²) >= 11 is 0. The van der Waals surface area contributed by atoms with E-state index < -0.39 is 11.8 Å². The number of rotatable bonds is 5. The van der Waals surface area contributed by atoms with Crippen LogP contribution in [0.25, 0.3) is 0 Å². The molecule has 0 saturated heterocycles. The Morgan fingerprint density at radius 1 is 1.40 bits per heavy atom. The highest BCUT2D eigenvalue weighted by atomic mass is 16.2. The number of nitrogens with one attached hydrogen (secondary N) is 1. The van der Waals surface area contributed by atoms with Gasteiger partial charge in [-0.15, -0.1) is 0 Å². The second kappa shape index (κ2) is 7.23. The first kappa shape index (κ1) is 13.9. The van der Waals surface area contributed by atoms with Crippen molar-refractivity contribution in [2.24, 2.45) is 5.84 Å². The molecule has 0 aliphatic rings. The van der Waals surface area contributed by atoms with Crippen LogP contribution in [0, 0.1) is 0 Å². The first-order valence-electron chi connectivity index (χ1n) is 5.39. The number of hydrazine groups is 1. The van der Waals surface area contributed by atoms with Crippen LogP contribution < -0.4 is 11.3 Å². The highest BCUT2D eigenvalue weighted by Crippen LogP contribution is 2.06. The van der Waals surface area contributed by atoms with Gasteiger partial charge in [-0.1, -0.05) is 20.3 Å². The largest absolute Gasteiger partial charge is 0.332 e. The zero-order chi connectivity index (χ0) is 11.8. The van der Waals surface area contributed by atoms with E-state index in [1.54, 1.807) is 4.90 Å². The molecule has 2 amide bonds. The van der Waals surface area contributed by atoms with E-state index >= 15 is 0 Å². The first-order chi connectivity index (χ1) is 7.08. The number of amides is 2. The Labute approximate surface area is 91.0 Å². The van der Waals surface area contributed by atoms with Crippen molar-refractivity contribution < 1.29 is 9.59 Å². The summed E-state index contributed by atoms with van der Waals surface area (Å²) in [6.07, 6.45) is 2.71.